The van der Waals surface area contributed by atoms with E-state index in [4.69, 9.17) is 0 Å². The summed E-state index contributed by atoms with van der Waals surface area (Å²) < 4.78 is 41.8. The molecule has 0 bridgehead atoms. The van der Waals surface area contributed by atoms with E-state index in [0.717, 1.165) is 6.07 Å². The third-order valence-electron chi connectivity index (χ3n) is 2.63. The summed E-state index contributed by atoms with van der Waals surface area (Å²) in [5, 5.41) is 0. The largest absolute Gasteiger partial charge is 0.435 e. The number of ketones is 1. The minimum atomic E-state index is -2.96. The normalized spacial score (nSPS) is 10.7. The molecule has 0 fully saturated rings. The maximum Gasteiger partial charge on any atom is 0.387 e. The quantitative estimate of drug-likeness (QED) is 0.792. The number of ether oxygens (including phenoxy) is 1. The van der Waals surface area contributed by atoms with Crippen molar-refractivity contribution in [2.45, 2.75) is 13.5 Å². The van der Waals surface area contributed by atoms with Crippen molar-refractivity contribution in [1.29, 1.82) is 0 Å². The van der Waals surface area contributed by atoms with E-state index >= 15 is 0 Å². The molecule has 0 aliphatic carbocycles. The number of carbonyl (C=O) groups excluding carboxylic acids is 1. The van der Waals surface area contributed by atoms with Crippen LogP contribution in [0.25, 0.3) is 0 Å². The van der Waals surface area contributed by atoms with Crippen molar-refractivity contribution in [3.8, 4) is 5.75 Å². The van der Waals surface area contributed by atoms with E-state index in [9.17, 15) is 18.0 Å². The molecule has 104 valence electrons. The van der Waals surface area contributed by atoms with Gasteiger partial charge in [0.15, 0.2) is 5.78 Å². The highest BCUT2D eigenvalue weighted by Gasteiger charge is 2.13. The average Bonchev–Trinajstić information content (AvgIpc) is 2.36. The molecule has 20 heavy (non-hydrogen) atoms. The summed E-state index contributed by atoms with van der Waals surface area (Å²) in [6.07, 6.45) is 0. The Balaban J connectivity index is 2.33. The van der Waals surface area contributed by atoms with Crippen molar-refractivity contribution in [2.75, 3.05) is 0 Å². The Bertz CT molecular complexity index is 619. The van der Waals surface area contributed by atoms with E-state index < -0.39 is 18.2 Å². The molecule has 0 unspecified atom stereocenters. The highest BCUT2D eigenvalue weighted by Crippen LogP contribution is 2.19. The molecule has 0 saturated heterocycles. The van der Waals surface area contributed by atoms with Gasteiger partial charge in [-0.3, -0.25) is 4.79 Å². The Labute approximate surface area is 113 Å². The third-order valence-corrected chi connectivity index (χ3v) is 2.63. The van der Waals surface area contributed by atoms with Crippen LogP contribution in [0.2, 0.25) is 0 Å². The number of aryl methyl sites for hydroxylation is 1. The van der Waals surface area contributed by atoms with Crippen LogP contribution in [-0.2, 0) is 0 Å². The highest BCUT2D eigenvalue weighted by molar-refractivity contribution is 6.09. The number of carbonyl (C=O) groups is 1. The lowest BCUT2D eigenvalue weighted by Gasteiger charge is -2.07. The molecule has 5 heteroatoms. The second-order valence-corrected chi connectivity index (χ2v) is 4.25. The predicted molar refractivity (Wildman–Crippen MR) is 67.6 cm³/mol. The molecule has 2 rings (SSSR count). The van der Waals surface area contributed by atoms with Crippen molar-refractivity contribution < 1.29 is 22.7 Å². The summed E-state index contributed by atoms with van der Waals surface area (Å²) in [6, 6.07) is 9.35. The summed E-state index contributed by atoms with van der Waals surface area (Å²) in [6.45, 7) is -1.30. The van der Waals surface area contributed by atoms with Gasteiger partial charge in [-0.1, -0.05) is 12.1 Å². The lowest BCUT2D eigenvalue weighted by atomic mass is 10.0. The Morgan fingerprint density at radius 1 is 1.10 bits per heavy atom. The molecule has 0 N–H and O–H groups in total. The predicted octanol–water partition coefficient (Wildman–Crippen LogP) is 3.97. The van der Waals surface area contributed by atoms with Gasteiger partial charge in [-0.05, 0) is 42.8 Å². The second-order valence-electron chi connectivity index (χ2n) is 4.25. The fourth-order valence-electron chi connectivity index (χ4n) is 1.85. The Morgan fingerprint density at radius 3 is 2.50 bits per heavy atom. The fraction of sp³-hybridized carbons (Fsp3) is 0.133. The van der Waals surface area contributed by atoms with E-state index in [1.807, 2.05) is 0 Å². The molecular formula is C15H11F3O2. The van der Waals surface area contributed by atoms with Crippen molar-refractivity contribution >= 4 is 5.78 Å². The molecule has 0 saturated carbocycles. The molecule has 0 aromatic heterocycles. The van der Waals surface area contributed by atoms with Gasteiger partial charge in [-0.25, -0.2) is 4.39 Å². The zero-order valence-corrected chi connectivity index (χ0v) is 10.6. The lowest BCUT2D eigenvalue weighted by Crippen LogP contribution is -2.05. The summed E-state index contributed by atoms with van der Waals surface area (Å²) in [5.74, 6) is -1.08. The Morgan fingerprint density at radius 2 is 1.85 bits per heavy atom. The van der Waals surface area contributed by atoms with E-state index in [1.165, 1.54) is 36.4 Å². The van der Waals surface area contributed by atoms with Crippen molar-refractivity contribution in [3.63, 3.8) is 0 Å². The van der Waals surface area contributed by atoms with Crippen LogP contribution in [0.3, 0.4) is 0 Å². The number of alkyl halides is 2. The van der Waals surface area contributed by atoms with Gasteiger partial charge in [0.25, 0.3) is 0 Å². The molecule has 0 radical (unpaired) electrons. The van der Waals surface area contributed by atoms with E-state index in [-0.39, 0.29) is 16.9 Å². The minimum absolute atomic E-state index is 0.112. The molecular weight excluding hydrogens is 269 g/mol. The number of hydrogen-bond donors (Lipinski definition) is 0. The first-order chi connectivity index (χ1) is 9.45. The van der Waals surface area contributed by atoms with Crippen molar-refractivity contribution in [1.82, 2.24) is 0 Å². The number of benzene rings is 2. The molecule has 2 aromatic rings. The van der Waals surface area contributed by atoms with Crippen LogP contribution >= 0.6 is 0 Å². The Hall–Kier alpha value is -2.30. The first kappa shape index (κ1) is 14.1. The summed E-state index contributed by atoms with van der Waals surface area (Å²) in [5.41, 5.74) is 0.929. The van der Waals surface area contributed by atoms with E-state index in [1.54, 1.807) is 6.92 Å². The van der Waals surface area contributed by atoms with Gasteiger partial charge >= 0.3 is 6.61 Å². The molecule has 0 aliphatic heterocycles. The minimum Gasteiger partial charge on any atom is -0.435 e. The smallest absolute Gasteiger partial charge is 0.387 e. The van der Waals surface area contributed by atoms with Crippen LogP contribution in [0.5, 0.6) is 5.75 Å². The standard InChI is InChI=1S/C15H11F3O2/c1-9-5-11(7-12(16)6-9)14(19)10-3-2-4-13(8-10)20-15(17)18/h2-8,15H,1H3. The summed E-state index contributed by atoms with van der Waals surface area (Å²) >= 11 is 0. The van der Waals surface area contributed by atoms with E-state index in [2.05, 4.69) is 4.74 Å². The molecule has 0 heterocycles. The second kappa shape index (κ2) is 5.77. The molecule has 0 atom stereocenters. The van der Waals surface area contributed by atoms with Gasteiger partial charge in [0.1, 0.15) is 11.6 Å². The van der Waals surface area contributed by atoms with Crippen LogP contribution in [-0.4, -0.2) is 12.4 Å². The van der Waals surface area contributed by atoms with Gasteiger partial charge in [-0.2, -0.15) is 8.78 Å². The van der Waals surface area contributed by atoms with Crippen molar-refractivity contribution in [2.24, 2.45) is 0 Å². The molecule has 0 aliphatic rings. The van der Waals surface area contributed by atoms with Gasteiger partial charge in [0.05, 0.1) is 0 Å². The van der Waals surface area contributed by atoms with Crippen LogP contribution < -0.4 is 4.74 Å². The van der Waals surface area contributed by atoms with Crippen LogP contribution in [0.4, 0.5) is 13.2 Å². The van der Waals surface area contributed by atoms with Crippen molar-refractivity contribution in [3.05, 3.63) is 65.0 Å². The van der Waals surface area contributed by atoms with Gasteiger partial charge in [0.2, 0.25) is 0 Å². The zero-order chi connectivity index (χ0) is 14.7. The molecule has 0 amide bonds. The number of rotatable bonds is 4. The van der Waals surface area contributed by atoms with Gasteiger partial charge in [-0.15, -0.1) is 0 Å². The van der Waals surface area contributed by atoms with Crippen LogP contribution in [0, 0.1) is 12.7 Å². The van der Waals surface area contributed by atoms with Gasteiger partial charge < -0.3 is 4.74 Å². The fourth-order valence-corrected chi connectivity index (χ4v) is 1.85. The maximum absolute atomic E-state index is 13.3. The summed E-state index contributed by atoms with van der Waals surface area (Å²) in [7, 11) is 0. The molecule has 2 aromatic carbocycles. The SMILES string of the molecule is Cc1cc(F)cc(C(=O)c2cccc(OC(F)F)c2)c1. The topological polar surface area (TPSA) is 26.3 Å². The summed E-state index contributed by atoms with van der Waals surface area (Å²) in [4.78, 5) is 12.2. The maximum atomic E-state index is 13.3. The Kier molecular flexibility index (Phi) is 4.08. The highest BCUT2D eigenvalue weighted by atomic mass is 19.3. The van der Waals surface area contributed by atoms with Crippen LogP contribution in [0.15, 0.2) is 42.5 Å². The lowest BCUT2D eigenvalue weighted by molar-refractivity contribution is -0.0498. The number of hydrogen-bond acceptors (Lipinski definition) is 2. The number of halogens is 3. The first-order valence-corrected chi connectivity index (χ1v) is 5.82. The monoisotopic (exact) mass is 280 g/mol. The average molecular weight is 280 g/mol. The molecule has 2 nitrogen and oxygen atoms in total. The zero-order valence-electron chi connectivity index (χ0n) is 10.6. The van der Waals surface area contributed by atoms with Crippen LogP contribution in [0.1, 0.15) is 21.5 Å². The van der Waals surface area contributed by atoms with E-state index in [0.29, 0.717) is 5.56 Å². The van der Waals surface area contributed by atoms with Gasteiger partial charge in [0, 0.05) is 11.1 Å². The first-order valence-electron chi connectivity index (χ1n) is 5.82. The third kappa shape index (κ3) is 3.38. The molecule has 0 spiro atoms.